The van der Waals surface area contributed by atoms with Crippen molar-refractivity contribution in [3.63, 3.8) is 0 Å². The van der Waals surface area contributed by atoms with Crippen molar-refractivity contribution in [3.8, 4) is 0 Å². The van der Waals surface area contributed by atoms with E-state index in [2.05, 4.69) is 5.43 Å². The molecule has 0 aromatic carbocycles. The van der Waals surface area contributed by atoms with Crippen LogP contribution in [0.4, 0.5) is 0 Å². The van der Waals surface area contributed by atoms with Crippen LogP contribution in [0.5, 0.6) is 0 Å². The molecule has 6 nitrogen and oxygen atoms in total. The molecule has 0 radical (unpaired) electrons. The van der Waals surface area contributed by atoms with Gasteiger partial charge in [0, 0.05) is 6.04 Å². The molecule has 1 aliphatic carbocycles. The third-order valence-corrected chi connectivity index (χ3v) is 5.33. The van der Waals surface area contributed by atoms with Gasteiger partial charge in [0.25, 0.3) is 11.8 Å². The highest BCUT2D eigenvalue weighted by atomic mass is 32.2. The van der Waals surface area contributed by atoms with E-state index < -0.39 is 18.1 Å². The molecule has 4 N–H and O–H groups in total. The van der Waals surface area contributed by atoms with Crippen LogP contribution >= 0.6 is 24.0 Å². The molecule has 2 amide bonds. The van der Waals surface area contributed by atoms with Gasteiger partial charge in [0.15, 0.2) is 4.32 Å². The fraction of sp³-hybridized carbons (Fsp3) is 0.769. The monoisotopic (exact) mass is 331 g/mol. The first-order valence-corrected chi connectivity index (χ1v) is 8.62. The van der Waals surface area contributed by atoms with E-state index >= 15 is 0 Å². The Morgan fingerprint density at radius 1 is 1.48 bits per heavy atom. The quantitative estimate of drug-likeness (QED) is 0.636. The zero-order chi connectivity index (χ0) is 15.4. The summed E-state index contributed by atoms with van der Waals surface area (Å²) in [5.41, 5.74) is 8.29. The van der Waals surface area contributed by atoms with Gasteiger partial charge in [-0.25, -0.2) is 5.01 Å². The van der Waals surface area contributed by atoms with Gasteiger partial charge in [0.2, 0.25) is 0 Å². The predicted molar refractivity (Wildman–Crippen MR) is 85.2 cm³/mol. The van der Waals surface area contributed by atoms with Crippen LogP contribution in [-0.2, 0) is 9.59 Å². The normalized spacial score (nSPS) is 23.2. The van der Waals surface area contributed by atoms with Gasteiger partial charge in [-0.15, -0.1) is 0 Å². The zero-order valence-electron chi connectivity index (χ0n) is 11.8. The molecule has 1 saturated carbocycles. The van der Waals surface area contributed by atoms with Crippen LogP contribution in [-0.4, -0.2) is 44.1 Å². The van der Waals surface area contributed by atoms with E-state index in [-0.39, 0.29) is 11.7 Å². The van der Waals surface area contributed by atoms with Crippen LogP contribution in [0.3, 0.4) is 0 Å². The minimum Gasteiger partial charge on any atom is -0.382 e. The maximum absolute atomic E-state index is 12.0. The fourth-order valence-corrected chi connectivity index (χ4v) is 3.75. The number of amides is 2. The second-order valence-corrected chi connectivity index (χ2v) is 7.22. The number of thiocarbonyl (C=S) groups is 1. The van der Waals surface area contributed by atoms with Crippen molar-refractivity contribution in [1.29, 1.82) is 0 Å². The first kappa shape index (κ1) is 16.7. The number of rotatable bonds is 5. The van der Waals surface area contributed by atoms with Crippen molar-refractivity contribution in [1.82, 2.24) is 10.4 Å². The Labute approximate surface area is 133 Å². The number of hydrogen-bond donors (Lipinski definition) is 3. The van der Waals surface area contributed by atoms with Crippen LogP contribution in [0.25, 0.3) is 0 Å². The van der Waals surface area contributed by atoms with Gasteiger partial charge in [0.1, 0.15) is 6.10 Å². The minimum atomic E-state index is -1.33. The summed E-state index contributed by atoms with van der Waals surface area (Å²) in [5.74, 6) is -0.271. The molecule has 0 aromatic heterocycles. The van der Waals surface area contributed by atoms with E-state index in [1.807, 2.05) is 0 Å². The lowest BCUT2D eigenvalue weighted by Gasteiger charge is -2.27. The highest BCUT2D eigenvalue weighted by Crippen LogP contribution is 2.27. The van der Waals surface area contributed by atoms with E-state index in [0.29, 0.717) is 16.7 Å². The van der Waals surface area contributed by atoms with Gasteiger partial charge in [-0.2, -0.15) is 0 Å². The zero-order valence-corrected chi connectivity index (χ0v) is 13.4. The number of thioether (sulfide) groups is 1. The number of hydrogen-bond acceptors (Lipinski definition) is 6. The molecule has 2 rings (SSSR count). The number of nitrogens with two attached hydrogens (primary N) is 1. The highest BCUT2D eigenvalue weighted by Gasteiger charge is 2.32. The molecular formula is C13H21N3O3S2. The highest BCUT2D eigenvalue weighted by molar-refractivity contribution is 8.23. The van der Waals surface area contributed by atoms with Crippen LogP contribution < -0.4 is 11.2 Å². The molecule has 2 unspecified atom stereocenters. The Morgan fingerprint density at radius 2 is 2.14 bits per heavy atom. The van der Waals surface area contributed by atoms with Crippen LogP contribution in [0.15, 0.2) is 0 Å². The summed E-state index contributed by atoms with van der Waals surface area (Å²) in [6.07, 6.45) is 5.14. The van der Waals surface area contributed by atoms with Gasteiger partial charge in [-0.05, 0) is 12.3 Å². The molecule has 1 heterocycles. The third kappa shape index (κ3) is 4.38. The van der Waals surface area contributed by atoms with Crippen LogP contribution in [0.1, 0.15) is 38.5 Å². The summed E-state index contributed by atoms with van der Waals surface area (Å²) < 4.78 is 0.293. The maximum Gasteiger partial charge on any atom is 0.269 e. The third-order valence-electron chi connectivity index (χ3n) is 3.98. The number of nitrogens with zero attached hydrogens (tertiary/aromatic N) is 1. The van der Waals surface area contributed by atoms with Crippen molar-refractivity contribution in [2.45, 2.75) is 50.7 Å². The van der Waals surface area contributed by atoms with Crippen molar-refractivity contribution >= 4 is 40.1 Å². The molecule has 2 fully saturated rings. The van der Waals surface area contributed by atoms with E-state index in [1.54, 1.807) is 0 Å². The lowest BCUT2D eigenvalue weighted by Crippen LogP contribution is -2.53. The average molecular weight is 331 g/mol. The molecule has 1 saturated heterocycles. The van der Waals surface area contributed by atoms with Gasteiger partial charge < -0.3 is 10.8 Å². The first-order chi connectivity index (χ1) is 9.99. The Kier molecular flexibility index (Phi) is 5.98. The van der Waals surface area contributed by atoms with E-state index in [9.17, 15) is 14.7 Å². The van der Waals surface area contributed by atoms with Crippen molar-refractivity contribution in [2.24, 2.45) is 11.7 Å². The number of carbonyl (C=O) groups is 2. The molecule has 1 aliphatic heterocycles. The lowest BCUT2D eigenvalue weighted by atomic mass is 9.84. The molecule has 0 bridgehead atoms. The summed E-state index contributed by atoms with van der Waals surface area (Å²) in [6, 6.07) is -0.618. The minimum absolute atomic E-state index is 0.212. The number of aliphatic hydroxyl groups excluding tert-OH is 1. The molecule has 118 valence electrons. The first-order valence-electron chi connectivity index (χ1n) is 7.23. The summed E-state index contributed by atoms with van der Waals surface area (Å²) in [7, 11) is 0. The molecular weight excluding hydrogens is 310 g/mol. The molecule has 2 atom stereocenters. The average Bonchev–Trinajstić information content (AvgIpc) is 2.79. The number of carbonyl (C=O) groups excluding carboxylic acids is 2. The van der Waals surface area contributed by atoms with E-state index in [4.69, 9.17) is 18.0 Å². The SMILES string of the molecule is NC(CC1CCCCC1)C(O)C(=O)NN1C(=O)CSC1=S. The number of nitrogens with one attached hydrogen (secondary N) is 1. The fourth-order valence-electron chi connectivity index (χ4n) is 2.77. The number of aliphatic hydroxyl groups is 1. The second-order valence-electron chi connectivity index (χ2n) is 5.61. The summed E-state index contributed by atoms with van der Waals surface area (Å²) in [4.78, 5) is 23.5. The Morgan fingerprint density at radius 3 is 2.71 bits per heavy atom. The number of hydrazine groups is 1. The van der Waals surface area contributed by atoms with Gasteiger partial charge >= 0.3 is 0 Å². The van der Waals surface area contributed by atoms with Crippen LogP contribution in [0.2, 0.25) is 0 Å². The summed E-state index contributed by atoms with van der Waals surface area (Å²) in [6.45, 7) is 0. The lowest BCUT2D eigenvalue weighted by molar-refractivity contribution is -0.139. The van der Waals surface area contributed by atoms with Gasteiger partial charge in [0.05, 0.1) is 5.75 Å². The van der Waals surface area contributed by atoms with Gasteiger partial charge in [-0.3, -0.25) is 15.0 Å². The van der Waals surface area contributed by atoms with Crippen molar-refractivity contribution in [2.75, 3.05) is 5.75 Å². The largest absolute Gasteiger partial charge is 0.382 e. The second kappa shape index (κ2) is 7.53. The predicted octanol–water partition coefficient (Wildman–Crippen LogP) is 0.536. The maximum atomic E-state index is 12.0. The molecule has 0 aromatic rings. The Hall–Kier alpha value is -0.700. The molecule has 2 aliphatic rings. The molecule has 21 heavy (non-hydrogen) atoms. The molecule has 8 heteroatoms. The topological polar surface area (TPSA) is 95.7 Å². The Bertz CT molecular complexity index is 411. The smallest absolute Gasteiger partial charge is 0.269 e. The summed E-state index contributed by atoms with van der Waals surface area (Å²) in [5, 5.41) is 11.0. The van der Waals surface area contributed by atoms with Crippen molar-refractivity contribution in [3.05, 3.63) is 0 Å². The summed E-state index contributed by atoms with van der Waals surface area (Å²) >= 11 is 6.14. The van der Waals surface area contributed by atoms with E-state index in [0.717, 1.165) is 17.9 Å². The van der Waals surface area contributed by atoms with E-state index in [1.165, 1.54) is 31.0 Å². The van der Waals surface area contributed by atoms with Crippen molar-refractivity contribution < 1.29 is 14.7 Å². The van der Waals surface area contributed by atoms with Crippen LogP contribution in [0, 0.1) is 5.92 Å². The van der Waals surface area contributed by atoms with Gasteiger partial charge in [-0.1, -0.05) is 56.1 Å². The Balaban J connectivity index is 1.83. The standard InChI is InChI=1S/C13H21N3O3S2/c14-9(6-8-4-2-1-3-5-8)11(18)12(19)15-16-10(17)7-21-13(16)20/h8-9,11,18H,1-7,14H2,(H,15,19). The molecule has 0 spiro atoms.